The number of hydrogen-bond donors (Lipinski definition) is 1. The molecule has 86 valence electrons. The summed E-state index contributed by atoms with van der Waals surface area (Å²) in [5, 5.41) is 4.38. The lowest BCUT2D eigenvalue weighted by atomic mass is 9.93. The van der Waals surface area contributed by atoms with E-state index in [4.69, 9.17) is 12.2 Å². The van der Waals surface area contributed by atoms with Gasteiger partial charge in [0.2, 0.25) is 0 Å². The maximum absolute atomic E-state index is 5.29. The summed E-state index contributed by atoms with van der Waals surface area (Å²) in [5.41, 5.74) is 1.17. The third-order valence-corrected chi connectivity index (χ3v) is 2.77. The summed E-state index contributed by atoms with van der Waals surface area (Å²) in [7, 11) is 1.90. The average molecular weight is 236 g/mol. The second-order valence-corrected chi connectivity index (χ2v) is 5.30. The van der Waals surface area contributed by atoms with Crippen LogP contribution in [-0.2, 0) is 12.5 Å². The molecule has 0 aromatic carbocycles. The molecule has 0 radical (unpaired) electrons. The Morgan fingerprint density at radius 1 is 1.38 bits per heavy atom. The minimum Gasteiger partial charge on any atom is -0.337 e. The Morgan fingerprint density at radius 2 is 2.06 bits per heavy atom. The summed E-state index contributed by atoms with van der Waals surface area (Å²) in [6, 6.07) is 1.96. The summed E-state index contributed by atoms with van der Waals surface area (Å²) >= 11 is 5.29. The van der Waals surface area contributed by atoms with Gasteiger partial charge < -0.3 is 4.98 Å². The Hall–Kier alpha value is -1.36. The summed E-state index contributed by atoms with van der Waals surface area (Å²) in [6.45, 7) is 6.47. The summed E-state index contributed by atoms with van der Waals surface area (Å²) in [5.74, 6) is 0.860. The van der Waals surface area contributed by atoms with Crippen LogP contribution in [0.3, 0.4) is 0 Å². The van der Waals surface area contributed by atoms with Gasteiger partial charge in [0.15, 0.2) is 10.6 Å². The molecule has 2 heterocycles. The molecule has 0 saturated heterocycles. The van der Waals surface area contributed by atoms with Crippen molar-refractivity contribution in [3.05, 3.63) is 28.9 Å². The third kappa shape index (κ3) is 1.82. The van der Waals surface area contributed by atoms with Gasteiger partial charge in [-0.15, -0.1) is 0 Å². The highest BCUT2D eigenvalue weighted by Gasteiger charge is 2.20. The number of rotatable bonds is 1. The minimum atomic E-state index is 0.0328. The molecular weight excluding hydrogens is 220 g/mol. The molecule has 0 saturated carbocycles. The standard InChI is InChI=1S/C11H16N4S/c1-11(2,3)8-7-12-10(16)15(8)9-5-6-14(4)13-9/h5-7H,1-4H3,(H,12,16). The van der Waals surface area contributed by atoms with Gasteiger partial charge in [-0.2, -0.15) is 5.10 Å². The van der Waals surface area contributed by atoms with Gasteiger partial charge in [-0.25, -0.2) is 0 Å². The van der Waals surface area contributed by atoms with Crippen LogP contribution in [0.4, 0.5) is 0 Å². The van der Waals surface area contributed by atoms with Gasteiger partial charge in [-0.3, -0.25) is 9.25 Å². The molecule has 2 aromatic heterocycles. The lowest BCUT2D eigenvalue weighted by molar-refractivity contribution is 0.552. The van der Waals surface area contributed by atoms with Crippen LogP contribution in [0, 0.1) is 4.77 Å². The first kappa shape index (κ1) is 11.1. The van der Waals surface area contributed by atoms with E-state index in [1.165, 1.54) is 0 Å². The van der Waals surface area contributed by atoms with Gasteiger partial charge in [-0.1, -0.05) is 20.8 Å². The molecule has 0 spiro atoms. The molecule has 0 aliphatic rings. The van der Waals surface area contributed by atoms with Crippen molar-refractivity contribution in [1.82, 2.24) is 19.3 Å². The Kier molecular flexibility index (Phi) is 2.50. The normalized spacial score (nSPS) is 12.0. The minimum absolute atomic E-state index is 0.0328. The number of nitrogens with one attached hydrogen (secondary N) is 1. The van der Waals surface area contributed by atoms with Crippen LogP contribution in [-0.4, -0.2) is 19.3 Å². The van der Waals surface area contributed by atoms with Crippen molar-refractivity contribution in [2.24, 2.45) is 7.05 Å². The van der Waals surface area contributed by atoms with Crippen LogP contribution >= 0.6 is 12.2 Å². The van der Waals surface area contributed by atoms with Crippen molar-refractivity contribution in [2.45, 2.75) is 26.2 Å². The average Bonchev–Trinajstić information content (AvgIpc) is 2.70. The lowest BCUT2D eigenvalue weighted by Gasteiger charge is -2.19. The SMILES string of the molecule is Cn1ccc(-n2c(C(C)(C)C)c[nH]c2=S)n1. The van der Waals surface area contributed by atoms with Gasteiger partial charge in [0.05, 0.1) is 0 Å². The zero-order valence-corrected chi connectivity index (χ0v) is 10.8. The van der Waals surface area contributed by atoms with Crippen LogP contribution in [0.5, 0.6) is 0 Å². The fourth-order valence-corrected chi connectivity index (χ4v) is 1.92. The number of aryl methyl sites for hydroxylation is 1. The molecule has 0 atom stereocenters. The van der Waals surface area contributed by atoms with E-state index in [1.54, 1.807) is 4.68 Å². The van der Waals surface area contributed by atoms with Crippen LogP contribution in [0.15, 0.2) is 18.5 Å². The van der Waals surface area contributed by atoms with Crippen LogP contribution in [0.2, 0.25) is 0 Å². The van der Waals surface area contributed by atoms with Crippen molar-refractivity contribution in [3.8, 4) is 5.82 Å². The molecule has 0 aliphatic carbocycles. The predicted octanol–water partition coefficient (Wildman–Crippen LogP) is 2.57. The molecule has 16 heavy (non-hydrogen) atoms. The number of aromatic nitrogens is 4. The van der Waals surface area contributed by atoms with Gasteiger partial charge >= 0.3 is 0 Å². The maximum atomic E-state index is 5.29. The Labute approximate surface area is 99.9 Å². The lowest BCUT2D eigenvalue weighted by Crippen LogP contribution is -2.17. The van der Waals surface area contributed by atoms with E-state index in [2.05, 4.69) is 30.9 Å². The third-order valence-electron chi connectivity index (χ3n) is 2.47. The quantitative estimate of drug-likeness (QED) is 0.773. The molecule has 0 aliphatic heterocycles. The highest BCUT2D eigenvalue weighted by Crippen LogP contribution is 2.24. The Bertz CT molecular complexity index is 553. The number of imidazole rings is 1. The monoisotopic (exact) mass is 236 g/mol. The van der Waals surface area contributed by atoms with E-state index in [0.717, 1.165) is 11.5 Å². The number of nitrogens with zero attached hydrogens (tertiary/aromatic N) is 3. The van der Waals surface area contributed by atoms with Crippen LogP contribution in [0.25, 0.3) is 5.82 Å². The zero-order valence-electron chi connectivity index (χ0n) is 9.98. The molecule has 2 aromatic rings. The van der Waals surface area contributed by atoms with E-state index in [9.17, 15) is 0 Å². The predicted molar refractivity (Wildman–Crippen MR) is 66.4 cm³/mol. The first-order valence-electron chi connectivity index (χ1n) is 5.20. The molecule has 0 bridgehead atoms. The van der Waals surface area contributed by atoms with E-state index in [1.807, 2.05) is 30.1 Å². The van der Waals surface area contributed by atoms with Crippen molar-refractivity contribution < 1.29 is 0 Å². The van der Waals surface area contributed by atoms with Crippen LogP contribution < -0.4 is 0 Å². The van der Waals surface area contributed by atoms with E-state index >= 15 is 0 Å². The molecule has 0 amide bonds. The zero-order chi connectivity index (χ0) is 11.9. The first-order valence-corrected chi connectivity index (χ1v) is 5.61. The van der Waals surface area contributed by atoms with E-state index in [0.29, 0.717) is 4.77 Å². The maximum Gasteiger partial charge on any atom is 0.183 e. The molecular formula is C11H16N4S. The highest BCUT2D eigenvalue weighted by atomic mass is 32.1. The molecule has 0 unspecified atom stereocenters. The number of hydrogen-bond acceptors (Lipinski definition) is 2. The van der Waals surface area contributed by atoms with Gasteiger partial charge in [-0.05, 0) is 12.2 Å². The smallest absolute Gasteiger partial charge is 0.183 e. The molecule has 1 N–H and O–H groups in total. The second kappa shape index (κ2) is 3.59. The van der Waals surface area contributed by atoms with Crippen LogP contribution in [0.1, 0.15) is 26.5 Å². The highest BCUT2D eigenvalue weighted by molar-refractivity contribution is 7.71. The van der Waals surface area contributed by atoms with Crippen molar-refractivity contribution >= 4 is 12.2 Å². The van der Waals surface area contributed by atoms with Crippen molar-refractivity contribution in [3.63, 3.8) is 0 Å². The summed E-state index contributed by atoms with van der Waals surface area (Å²) in [6.07, 6.45) is 3.87. The van der Waals surface area contributed by atoms with E-state index < -0.39 is 0 Å². The topological polar surface area (TPSA) is 38.5 Å². The van der Waals surface area contributed by atoms with Crippen molar-refractivity contribution in [2.75, 3.05) is 0 Å². The molecule has 0 fully saturated rings. The molecule has 2 rings (SSSR count). The fourth-order valence-electron chi connectivity index (χ4n) is 1.67. The fraction of sp³-hybridized carbons (Fsp3) is 0.455. The first-order chi connectivity index (χ1) is 7.39. The largest absolute Gasteiger partial charge is 0.337 e. The second-order valence-electron chi connectivity index (χ2n) is 4.91. The number of H-pyrrole nitrogens is 1. The van der Waals surface area contributed by atoms with Gasteiger partial charge in [0.1, 0.15) is 0 Å². The number of aromatic amines is 1. The van der Waals surface area contributed by atoms with Gasteiger partial charge in [0.25, 0.3) is 0 Å². The summed E-state index contributed by atoms with van der Waals surface area (Å²) < 4.78 is 4.44. The van der Waals surface area contributed by atoms with Crippen molar-refractivity contribution in [1.29, 1.82) is 0 Å². The Balaban J connectivity index is 2.65. The van der Waals surface area contributed by atoms with E-state index in [-0.39, 0.29) is 5.41 Å². The molecule has 5 heteroatoms. The Morgan fingerprint density at radius 3 is 2.56 bits per heavy atom. The molecule has 4 nitrogen and oxygen atoms in total. The van der Waals surface area contributed by atoms with Gasteiger partial charge in [0, 0.05) is 36.6 Å². The summed E-state index contributed by atoms with van der Waals surface area (Å²) in [4.78, 5) is 3.08.